The van der Waals surface area contributed by atoms with E-state index in [1.54, 1.807) is 0 Å². The standard InChI is InChI=1S/C20H34O2/c1-3-5-6-7-8-9-10-11-12-13-14-15-16-17-18-19-20(21)22-4-2/h7-12H,3-6,13-19H2,1-2H3/b8-7+,10-9-,12-11-. The average molecular weight is 306 g/mol. The Morgan fingerprint density at radius 2 is 1.36 bits per heavy atom. The van der Waals surface area contributed by atoms with Crippen LogP contribution in [-0.4, -0.2) is 12.6 Å². The van der Waals surface area contributed by atoms with Gasteiger partial charge in [-0.05, 0) is 32.6 Å². The molecule has 0 rings (SSSR count). The second kappa shape index (κ2) is 17.7. The van der Waals surface area contributed by atoms with Gasteiger partial charge in [-0.2, -0.15) is 0 Å². The highest BCUT2D eigenvalue weighted by Crippen LogP contribution is 2.08. The summed E-state index contributed by atoms with van der Waals surface area (Å²) in [4.78, 5) is 11.1. The quantitative estimate of drug-likeness (QED) is 0.219. The van der Waals surface area contributed by atoms with E-state index in [9.17, 15) is 4.79 Å². The second-order valence-corrected chi connectivity index (χ2v) is 5.49. The van der Waals surface area contributed by atoms with Crippen molar-refractivity contribution < 1.29 is 9.53 Å². The van der Waals surface area contributed by atoms with Gasteiger partial charge < -0.3 is 4.74 Å². The molecule has 0 bridgehead atoms. The second-order valence-electron chi connectivity index (χ2n) is 5.49. The van der Waals surface area contributed by atoms with E-state index in [0.717, 1.165) is 19.3 Å². The van der Waals surface area contributed by atoms with Crippen LogP contribution >= 0.6 is 0 Å². The molecule has 0 radical (unpaired) electrons. The molecule has 126 valence electrons. The lowest BCUT2D eigenvalue weighted by atomic mass is 10.1. The molecule has 0 saturated carbocycles. The van der Waals surface area contributed by atoms with Crippen LogP contribution < -0.4 is 0 Å². The third-order valence-electron chi connectivity index (χ3n) is 3.39. The first-order valence-corrected chi connectivity index (χ1v) is 8.95. The Bertz CT molecular complexity index is 327. The van der Waals surface area contributed by atoms with Crippen molar-refractivity contribution in [1.29, 1.82) is 0 Å². The first-order valence-electron chi connectivity index (χ1n) is 8.95. The third-order valence-corrected chi connectivity index (χ3v) is 3.39. The van der Waals surface area contributed by atoms with Crippen molar-refractivity contribution in [3.63, 3.8) is 0 Å². The summed E-state index contributed by atoms with van der Waals surface area (Å²) in [6.45, 7) is 4.56. The van der Waals surface area contributed by atoms with E-state index in [2.05, 4.69) is 43.4 Å². The van der Waals surface area contributed by atoms with E-state index in [4.69, 9.17) is 4.74 Å². The highest BCUT2D eigenvalue weighted by molar-refractivity contribution is 5.69. The number of hydrogen-bond donors (Lipinski definition) is 0. The van der Waals surface area contributed by atoms with Crippen molar-refractivity contribution in [2.75, 3.05) is 6.61 Å². The summed E-state index contributed by atoms with van der Waals surface area (Å²) >= 11 is 0. The fourth-order valence-corrected chi connectivity index (χ4v) is 2.09. The molecule has 0 aliphatic rings. The molecule has 2 heteroatoms. The largest absolute Gasteiger partial charge is 0.466 e. The summed E-state index contributed by atoms with van der Waals surface area (Å²) in [6, 6.07) is 0. The monoisotopic (exact) mass is 306 g/mol. The molecule has 0 aromatic carbocycles. The number of esters is 1. The molecule has 0 N–H and O–H groups in total. The molecule has 0 aliphatic carbocycles. The van der Waals surface area contributed by atoms with Crippen molar-refractivity contribution in [2.45, 2.75) is 78.1 Å². The van der Waals surface area contributed by atoms with Crippen molar-refractivity contribution in [3.8, 4) is 0 Å². The van der Waals surface area contributed by atoms with E-state index in [-0.39, 0.29) is 5.97 Å². The van der Waals surface area contributed by atoms with Gasteiger partial charge in [0.25, 0.3) is 0 Å². The van der Waals surface area contributed by atoms with E-state index in [1.807, 2.05) is 6.92 Å². The van der Waals surface area contributed by atoms with Crippen LogP contribution in [0, 0.1) is 0 Å². The van der Waals surface area contributed by atoms with Crippen molar-refractivity contribution in [2.24, 2.45) is 0 Å². The molecule has 22 heavy (non-hydrogen) atoms. The molecule has 0 aromatic rings. The maximum atomic E-state index is 11.1. The smallest absolute Gasteiger partial charge is 0.305 e. The van der Waals surface area contributed by atoms with Gasteiger partial charge in [-0.1, -0.05) is 75.5 Å². The Hall–Kier alpha value is -1.31. The highest BCUT2D eigenvalue weighted by Gasteiger charge is 2.00. The first-order chi connectivity index (χ1) is 10.8. The Labute approximate surface area is 137 Å². The lowest BCUT2D eigenvalue weighted by Crippen LogP contribution is -2.03. The summed E-state index contributed by atoms with van der Waals surface area (Å²) in [6.07, 6.45) is 24.1. The zero-order valence-corrected chi connectivity index (χ0v) is 14.6. The van der Waals surface area contributed by atoms with Crippen LogP contribution in [0.15, 0.2) is 36.5 Å². The number of unbranched alkanes of at least 4 members (excludes halogenated alkanes) is 7. The Kier molecular flexibility index (Phi) is 16.7. The van der Waals surface area contributed by atoms with Crippen molar-refractivity contribution in [1.82, 2.24) is 0 Å². The molecule has 0 unspecified atom stereocenters. The molecule has 0 spiro atoms. The van der Waals surface area contributed by atoms with Gasteiger partial charge in [-0.25, -0.2) is 0 Å². The molecule has 0 heterocycles. The fourth-order valence-electron chi connectivity index (χ4n) is 2.09. The molecule has 0 aromatic heterocycles. The molecule has 0 saturated heterocycles. The van der Waals surface area contributed by atoms with Gasteiger partial charge in [0.2, 0.25) is 0 Å². The summed E-state index contributed by atoms with van der Waals surface area (Å²) < 4.78 is 4.90. The fraction of sp³-hybridized carbons (Fsp3) is 0.650. The summed E-state index contributed by atoms with van der Waals surface area (Å²) in [5.41, 5.74) is 0. The topological polar surface area (TPSA) is 26.3 Å². The van der Waals surface area contributed by atoms with Gasteiger partial charge in [0.1, 0.15) is 0 Å². The summed E-state index contributed by atoms with van der Waals surface area (Å²) in [7, 11) is 0. The molecule has 0 atom stereocenters. The molecule has 0 fully saturated rings. The van der Waals surface area contributed by atoms with Gasteiger partial charge in [0.15, 0.2) is 0 Å². The van der Waals surface area contributed by atoms with Gasteiger partial charge >= 0.3 is 5.97 Å². The summed E-state index contributed by atoms with van der Waals surface area (Å²) in [5, 5.41) is 0. The number of carbonyl (C=O) groups excluding carboxylic acids is 1. The molecule has 0 aliphatic heterocycles. The molecular formula is C20H34O2. The zero-order valence-electron chi connectivity index (χ0n) is 14.6. The molecular weight excluding hydrogens is 272 g/mol. The lowest BCUT2D eigenvalue weighted by molar-refractivity contribution is -0.143. The van der Waals surface area contributed by atoms with Crippen LogP contribution in [0.3, 0.4) is 0 Å². The maximum Gasteiger partial charge on any atom is 0.305 e. The van der Waals surface area contributed by atoms with E-state index < -0.39 is 0 Å². The summed E-state index contributed by atoms with van der Waals surface area (Å²) in [5.74, 6) is -0.0547. The molecule has 2 nitrogen and oxygen atoms in total. The average Bonchev–Trinajstić information content (AvgIpc) is 2.51. The number of rotatable bonds is 14. The van der Waals surface area contributed by atoms with Gasteiger partial charge in [-0.3, -0.25) is 4.79 Å². The van der Waals surface area contributed by atoms with Gasteiger partial charge in [0.05, 0.1) is 6.61 Å². The normalized spacial score (nSPS) is 11.9. The SMILES string of the molecule is CCCC/C=C/C=C\C=C/CCCCCCCC(=O)OCC. The van der Waals surface area contributed by atoms with Crippen LogP contribution in [0.5, 0.6) is 0 Å². The number of hydrogen-bond acceptors (Lipinski definition) is 2. The van der Waals surface area contributed by atoms with Crippen LogP contribution in [0.4, 0.5) is 0 Å². The van der Waals surface area contributed by atoms with Gasteiger partial charge in [0, 0.05) is 6.42 Å². The van der Waals surface area contributed by atoms with Crippen LogP contribution in [0.25, 0.3) is 0 Å². The Balaban J connectivity index is 3.31. The van der Waals surface area contributed by atoms with E-state index in [0.29, 0.717) is 13.0 Å². The minimum Gasteiger partial charge on any atom is -0.466 e. The highest BCUT2D eigenvalue weighted by atomic mass is 16.5. The Morgan fingerprint density at radius 3 is 2.00 bits per heavy atom. The van der Waals surface area contributed by atoms with Crippen molar-refractivity contribution in [3.05, 3.63) is 36.5 Å². The van der Waals surface area contributed by atoms with Crippen molar-refractivity contribution >= 4 is 5.97 Å². The van der Waals surface area contributed by atoms with Crippen LogP contribution in [-0.2, 0) is 9.53 Å². The number of ether oxygens (including phenoxy) is 1. The predicted octanol–water partition coefficient (Wildman–Crippen LogP) is 6.14. The predicted molar refractivity (Wildman–Crippen MR) is 95.9 cm³/mol. The van der Waals surface area contributed by atoms with Crippen LogP contribution in [0.2, 0.25) is 0 Å². The third kappa shape index (κ3) is 16.7. The lowest BCUT2D eigenvalue weighted by Gasteiger charge is -2.01. The first kappa shape index (κ1) is 20.7. The Morgan fingerprint density at radius 1 is 0.773 bits per heavy atom. The van der Waals surface area contributed by atoms with E-state index >= 15 is 0 Å². The number of allylic oxidation sites excluding steroid dienone is 6. The minimum atomic E-state index is -0.0547. The van der Waals surface area contributed by atoms with E-state index in [1.165, 1.54) is 38.5 Å². The van der Waals surface area contributed by atoms with Gasteiger partial charge in [-0.15, -0.1) is 0 Å². The molecule has 0 amide bonds. The maximum absolute atomic E-state index is 11.1. The number of carbonyl (C=O) groups is 1. The minimum absolute atomic E-state index is 0.0547. The van der Waals surface area contributed by atoms with Crippen LogP contribution in [0.1, 0.15) is 78.1 Å². The zero-order chi connectivity index (χ0) is 16.3.